The Morgan fingerprint density at radius 2 is 1.80 bits per heavy atom. The number of anilines is 1. The summed E-state index contributed by atoms with van der Waals surface area (Å²) >= 11 is 5.99. The monoisotopic (exact) mass is 382 g/mol. The maximum atomic E-state index is 12.5. The van der Waals surface area contributed by atoms with Crippen molar-refractivity contribution >= 4 is 33.3 Å². The summed E-state index contributed by atoms with van der Waals surface area (Å²) < 4.78 is 32.1. The highest BCUT2D eigenvalue weighted by Gasteiger charge is 2.20. The third-order valence-corrected chi connectivity index (χ3v) is 5.44. The summed E-state index contributed by atoms with van der Waals surface area (Å²) in [6.45, 7) is 0.106. The summed E-state index contributed by atoms with van der Waals surface area (Å²) in [5, 5.41) is 0.0307. The number of methoxy groups -OCH3 is 1. The topological polar surface area (TPSA) is 75.7 Å². The lowest BCUT2D eigenvalue weighted by Crippen LogP contribution is -2.24. The van der Waals surface area contributed by atoms with Gasteiger partial charge in [0, 0.05) is 26.3 Å². The molecule has 0 fully saturated rings. The Morgan fingerprint density at radius 3 is 2.36 bits per heavy atom. The third-order valence-electron chi connectivity index (χ3n) is 3.56. The van der Waals surface area contributed by atoms with E-state index >= 15 is 0 Å². The van der Waals surface area contributed by atoms with Gasteiger partial charge >= 0.3 is 5.97 Å². The first-order chi connectivity index (χ1) is 11.7. The standard InChI is InChI=1S/C17H19ClN2O4S/c1-20(2)14-7-4-12(5-8-14)11-19-25(22,23)16-10-13(17(21)24-3)6-9-15(16)18/h4-10,19H,11H2,1-3H3. The van der Waals surface area contributed by atoms with Crippen molar-refractivity contribution in [3.63, 3.8) is 0 Å². The first kappa shape index (κ1) is 19.2. The number of carbonyl (C=O) groups is 1. The van der Waals surface area contributed by atoms with Crippen LogP contribution in [0.3, 0.4) is 0 Å². The average Bonchev–Trinajstić information content (AvgIpc) is 2.60. The Kier molecular flexibility index (Phi) is 6.05. The zero-order valence-electron chi connectivity index (χ0n) is 14.1. The van der Waals surface area contributed by atoms with E-state index in [2.05, 4.69) is 9.46 Å². The summed E-state index contributed by atoms with van der Waals surface area (Å²) in [7, 11) is 1.19. The molecule has 0 spiro atoms. The van der Waals surface area contributed by atoms with Crippen molar-refractivity contribution in [2.24, 2.45) is 0 Å². The highest BCUT2D eigenvalue weighted by molar-refractivity contribution is 7.89. The molecule has 0 bridgehead atoms. The highest BCUT2D eigenvalue weighted by Crippen LogP contribution is 2.23. The summed E-state index contributed by atoms with van der Waals surface area (Å²) in [6, 6.07) is 11.4. The minimum absolute atomic E-state index is 0.0307. The average molecular weight is 383 g/mol. The molecule has 0 radical (unpaired) electrons. The third kappa shape index (κ3) is 4.72. The van der Waals surface area contributed by atoms with Crippen LogP contribution in [0.5, 0.6) is 0 Å². The fourth-order valence-corrected chi connectivity index (χ4v) is 3.66. The van der Waals surface area contributed by atoms with Gasteiger partial charge in [0.25, 0.3) is 0 Å². The van der Waals surface area contributed by atoms with Gasteiger partial charge in [0.1, 0.15) is 4.90 Å². The molecular formula is C17H19ClN2O4S. The Labute approximate surface area is 152 Å². The van der Waals surface area contributed by atoms with Gasteiger partial charge in [0.15, 0.2) is 0 Å². The van der Waals surface area contributed by atoms with Crippen molar-refractivity contribution in [1.29, 1.82) is 0 Å². The molecule has 25 heavy (non-hydrogen) atoms. The van der Waals surface area contributed by atoms with Crippen molar-refractivity contribution in [3.05, 3.63) is 58.6 Å². The molecule has 0 unspecified atom stereocenters. The Bertz CT molecular complexity index is 865. The number of benzene rings is 2. The van der Waals surface area contributed by atoms with E-state index in [9.17, 15) is 13.2 Å². The van der Waals surface area contributed by atoms with Crippen LogP contribution in [0.4, 0.5) is 5.69 Å². The van der Waals surface area contributed by atoms with Crippen LogP contribution in [0.1, 0.15) is 15.9 Å². The maximum absolute atomic E-state index is 12.5. The van der Waals surface area contributed by atoms with Crippen molar-refractivity contribution in [2.45, 2.75) is 11.4 Å². The number of halogens is 1. The number of sulfonamides is 1. The van der Waals surface area contributed by atoms with Gasteiger partial charge in [-0.2, -0.15) is 0 Å². The molecule has 0 atom stereocenters. The van der Waals surface area contributed by atoms with E-state index in [0.29, 0.717) is 0 Å². The highest BCUT2D eigenvalue weighted by atomic mass is 35.5. The number of ether oxygens (including phenoxy) is 1. The van der Waals surface area contributed by atoms with E-state index in [1.165, 1.54) is 25.3 Å². The zero-order chi connectivity index (χ0) is 18.6. The molecule has 8 heteroatoms. The molecule has 0 aliphatic heterocycles. The summed E-state index contributed by atoms with van der Waals surface area (Å²) in [4.78, 5) is 13.4. The Hall–Kier alpha value is -2.09. The first-order valence-corrected chi connectivity index (χ1v) is 9.24. The largest absolute Gasteiger partial charge is 0.465 e. The van der Waals surface area contributed by atoms with Crippen LogP contribution in [0.15, 0.2) is 47.4 Å². The molecule has 0 aliphatic rings. The first-order valence-electron chi connectivity index (χ1n) is 7.38. The molecule has 2 aromatic carbocycles. The van der Waals surface area contributed by atoms with Gasteiger partial charge in [-0.25, -0.2) is 17.9 Å². The second kappa shape index (κ2) is 7.86. The van der Waals surface area contributed by atoms with Gasteiger partial charge in [0.2, 0.25) is 10.0 Å². The molecular weight excluding hydrogens is 364 g/mol. The second-order valence-electron chi connectivity index (χ2n) is 5.52. The second-order valence-corrected chi connectivity index (χ2v) is 7.66. The van der Waals surface area contributed by atoms with Crippen LogP contribution < -0.4 is 9.62 Å². The zero-order valence-corrected chi connectivity index (χ0v) is 15.7. The van der Waals surface area contributed by atoms with E-state index in [1.807, 2.05) is 43.3 Å². The SMILES string of the molecule is COC(=O)c1ccc(Cl)c(S(=O)(=O)NCc2ccc(N(C)C)cc2)c1. The number of rotatable bonds is 6. The molecule has 0 amide bonds. The number of hydrogen-bond acceptors (Lipinski definition) is 5. The minimum Gasteiger partial charge on any atom is -0.465 e. The lowest BCUT2D eigenvalue weighted by molar-refractivity contribution is 0.0600. The molecule has 0 saturated heterocycles. The Morgan fingerprint density at radius 1 is 1.16 bits per heavy atom. The van der Waals surface area contributed by atoms with Crippen LogP contribution >= 0.6 is 11.6 Å². The molecule has 134 valence electrons. The van der Waals surface area contributed by atoms with Gasteiger partial charge in [-0.1, -0.05) is 23.7 Å². The molecule has 6 nitrogen and oxygen atoms in total. The molecule has 0 saturated carbocycles. The van der Waals surface area contributed by atoms with Crippen molar-refractivity contribution in [2.75, 3.05) is 26.1 Å². The number of nitrogens with zero attached hydrogens (tertiary/aromatic N) is 1. The van der Waals surface area contributed by atoms with E-state index in [4.69, 9.17) is 11.6 Å². The van der Waals surface area contributed by atoms with Gasteiger partial charge in [-0.05, 0) is 35.9 Å². The molecule has 2 rings (SSSR count). The smallest absolute Gasteiger partial charge is 0.337 e. The van der Waals surface area contributed by atoms with Gasteiger partial charge in [0.05, 0.1) is 17.7 Å². The molecule has 0 heterocycles. The number of nitrogens with one attached hydrogen (secondary N) is 1. The van der Waals surface area contributed by atoms with Crippen molar-refractivity contribution in [3.8, 4) is 0 Å². The van der Waals surface area contributed by atoms with E-state index in [1.54, 1.807) is 0 Å². The van der Waals surface area contributed by atoms with Crippen molar-refractivity contribution in [1.82, 2.24) is 4.72 Å². The molecule has 2 aromatic rings. The van der Waals surface area contributed by atoms with Crippen LogP contribution in [-0.4, -0.2) is 35.6 Å². The number of hydrogen-bond donors (Lipinski definition) is 1. The van der Waals surface area contributed by atoms with E-state index in [0.717, 1.165) is 11.3 Å². The fourth-order valence-electron chi connectivity index (χ4n) is 2.12. The fraction of sp³-hybridized carbons (Fsp3) is 0.235. The van der Waals surface area contributed by atoms with Gasteiger partial charge < -0.3 is 9.64 Å². The summed E-state index contributed by atoms with van der Waals surface area (Å²) in [5.74, 6) is -0.632. The van der Waals surface area contributed by atoms with Crippen LogP contribution in [0, 0.1) is 0 Å². The van der Waals surface area contributed by atoms with E-state index < -0.39 is 16.0 Å². The van der Waals surface area contributed by atoms with E-state index in [-0.39, 0.29) is 22.0 Å². The number of esters is 1. The maximum Gasteiger partial charge on any atom is 0.337 e. The molecule has 0 aliphatic carbocycles. The van der Waals surface area contributed by atoms with Crippen LogP contribution in [0.2, 0.25) is 5.02 Å². The quantitative estimate of drug-likeness (QED) is 0.777. The van der Waals surface area contributed by atoms with Crippen molar-refractivity contribution < 1.29 is 17.9 Å². The Balaban J connectivity index is 2.20. The lowest BCUT2D eigenvalue weighted by Gasteiger charge is -2.13. The molecule has 1 N–H and O–H groups in total. The normalized spacial score (nSPS) is 11.2. The van der Waals surface area contributed by atoms with Crippen LogP contribution in [-0.2, 0) is 21.3 Å². The van der Waals surface area contributed by atoms with Gasteiger partial charge in [-0.15, -0.1) is 0 Å². The minimum atomic E-state index is -3.88. The predicted octanol–water partition coefficient (Wildman–Crippen LogP) is 2.67. The lowest BCUT2D eigenvalue weighted by atomic mass is 10.2. The van der Waals surface area contributed by atoms with Crippen LogP contribution in [0.25, 0.3) is 0 Å². The molecule has 0 aromatic heterocycles. The summed E-state index contributed by atoms with van der Waals surface area (Å²) in [6.07, 6.45) is 0. The predicted molar refractivity (Wildman–Crippen MR) is 97.6 cm³/mol. The number of carbonyl (C=O) groups excluding carboxylic acids is 1. The summed E-state index contributed by atoms with van der Waals surface area (Å²) in [5.41, 5.74) is 1.93. The van der Waals surface area contributed by atoms with Gasteiger partial charge in [-0.3, -0.25) is 0 Å².